The molecule has 1 aromatic heterocycles. The lowest BCUT2D eigenvalue weighted by atomic mass is 9.40. The van der Waals surface area contributed by atoms with Crippen molar-refractivity contribution >= 4 is 22.4 Å². The third kappa shape index (κ3) is 1.82. The minimum absolute atomic E-state index is 0.158. The largest absolute Gasteiger partial charge is 0.300 e. The van der Waals surface area contributed by atoms with E-state index < -0.39 is 0 Å². The molecule has 1 N–H and O–H groups in total. The van der Waals surface area contributed by atoms with Crippen molar-refractivity contribution in [1.82, 2.24) is 10.2 Å². The summed E-state index contributed by atoms with van der Waals surface area (Å²) in [6, 6.07) is 0. The number of anilines is 1. The maximum Gasteiger partial charge on any atom is 0.232 e. The normalized spacial score (nSPS) is 45.6. The summed E-state index contributed by atoms with van der Waals surface area (Å²) in [5.41, 5.74) is 2.24. The van der Waals surface area contributed by atoms with E-state index in [0.717, 1.165) is 25.2 Å². The van der Waals surface area contributed by atoms with Crippen molar-refractivity contribution in [1.29, 1.82) is 0 Å². The summed E-state index contributed by atoms with van der Waals surface area (Å²) in [5.74, 6) is 0.928. The second-order valence-electron chi connectivity index (χ2n) is 8.11. The van der Waals surface area contributed by atoms with Crippen molar-refractivity contribution in [2.45, 2.75) is 52.4 Å². The molecule has 0 radical (unpaired) electrons. The lowest BCUT2D eigenvalue weighted by Crippen LogP contribution is -2.58. The number of rotatable bonds is 2. The summed E-state index contributed by atoms with van der Waals surface area (Å²) in [5, 5.41) is 11.4. The number of nitrogens with zero attached hydrogens (tertiary/aromatic N) is 2. The third-order valence-electron chi connectivity index (χ3n) is 5.69. The van der Waals surface area contributed by atoms with Crippen molar-refractivity contribution in [3.05, 3.63) is 5.51 Å². The van der Waals surface area contributed by atoms with E-state index in [9.17, 15) is 4.79 Å². The Morgan fingerprint density at radius 1 is 1.25 bits per heavy atom. The molecule has 1 aromatic rings. The molecule has 5 heteroatoms. The van der Waals surface area contributed by atoms with Gasteiger partial charge in [0, 0.05) is 0 Å². The molecule has 20 heavy (non-hydrogen) atoms. The van der Waals surface area contributed by atoms with Crippen molar-refractivity contribution in [2.75, 3.05) is 5.32 Å². The number of hydrogen-bond donors (Lipinski definition) is 1. The Morgan fingerprint density at radius 3 is 2.50 bits per heavy atom. The van der Waals surface area contributed by atoms with Gasteiger partial charge in [-0.15, -0.1) is 10.2 Å². The Kier molecular flexibility index (Phi) is 2.43. The first kappa shape index (κ1) is 12.7. The molecule has 1 amide bonds. The summed E-state index contributed by atoms with van der Waals surface area (Å²) < 4.78 is 0. The van der Waals surface area contributed by atoms with Crippen LogP contribution in [0, 0.1) is 22.2 Å². The monoisotopic (exact) mass is 291 g/mol. The van der Waals surface area contributed by atoms with Gasteiger partial charge in [0.05, 0.1) is 5.41 Å². The van der Waals surface area contributed by atoms with Crippen molar-refractivity contribution < 1.29 is 4.79 Å². The van der Waals surface area contributed by atoms with Gasteiger partial charge in [0.2, 0.25) is 11.0 Å². The predicted molar refractivity (Wildman–Crippen MR) is 78.4 cm³/mol. The van der Waals surface area contributed by atoms with Crippen LogP contribution in [0.1, 0.15) is 52.4 Å². The Labute approximate surface area is 123 Å². The Balaban J connectivity index is 1.65. The smallest absolute Gasteiger partial charge is 0.232 e. The standard InChI is InChI=1S/C15H21N3OS/c1-13-3-10-4-14(2,6-13)8-15(5-10,7-13)11(19)17-12-18-16-9-20-12/h9-10H,3-8H2,1-2H3,(H,17,18,19)/t10?,13-,14+,15?. The second kappa shape index (κ2) is 3.81. The predicted octanol–water partition coefficient (Wildman–Crippen LogP) is 3.47. The lowest BCUT2D eigenvalue weighted by Gasteiger charge is -2.64. The number of hydrogen-bond acceptors (Lipinski definition) is 4. The van der Waals surface area contributed by atoms with Crippen LogP contribution in [0.5, 0.6) is 0 Å². The zero-order chi connectivity index (χ0) is 14.0. The zero-order valence-corrected chi connectivity index (χ0v) is 12.9. The van der Waals surface area contributed by atoms with Crippen LogP contribution < -0.4 is 5.32 Å². The molecule has 4 nitrogen and oxygen atoms in total. The van der Waals surface area contributed by atoms with Crippen molar-refractivity contribution in [3.63, 3.8) is 0 Å². The second-order valence-corrected chi connectivity index (χ2v) is 8.94. The van der Waals surface area contributed by atoms with Gasteiger partial charge in [-0.1, -0.05) is 25.2 Å². The summed E-state index contributed by atoms with van der Waals surface area (Å²) in [4.78, 5) is 12.9. The minimum atomic E-state index is -0.158. The maximum atomic E-state index is 12.9. The number of amides is 1. The van der Waals surface area contributed by atoms with Gasteiger partial charge in [0.15, 0.2) is 0 Å². The Morgan fingerprint density at radius 2 is 1.95 bits per heavy atom. The molecule has 2 unspecified atom stereocenters. The van der Waals surface area contributed by atoms with E-state index in [2.05, 4.69) is 29.4 Å². The first-order chi connectivity index (χ1) is 9.41. The molecule has 0 aliphatic heterocycles. The quantitative estimate of drug-likeness (QED) is 0.907. The average molecular weight is 291 g/mol. The van der Waals surface area contributed by atoms with Gasteiger partial charge in [0.25, 0.3) is 0 Å². The van der Waals surface area contributed by atoms with Crippen LogP contribution >= 0.6 is 11.3 Å². The molecule has 1 heterocycles. The number of carbonyl (C=O) groups excluding carboxylic acids is 1. The van der Waals surface area contributed by atoms with E-state index in [0.29, 0.717) is 16.0 Å². The molecular weight excluding hydrogens is 270 g/mol. The van der Waals surface area contributed by atoms with Crippen LogP contribution in [-0.2, 0) is 4.79 Å². The van der Waals surface area contributed by atoms with E-state index in [1.807, 2.05) is 0 Å². The average Bonchev–Trinajstić information content (AvgIpc) is 2.76. The minimum Gasteiger partial charge on any atom is -0.300 e. The highest BCUT2D eigenvalue weighted by Gasteiger charge is 2.62. The van der Waals surface area contributed by atoms with E-state index in [1.165, 1.54) is 30.6 Å². The van der Waals surface area contributed by atoms with Gasteiger partial charge < -0.3 is 5.32 Å². The number of nitrogens with one attached hydrogen (secondary N) is 1. The van der Waals surface area contributed by atoms with Gasteiger partial charge in [-0.05, 0) is 55.3 Å². The van der Waals surface area contributed by atoms with E-state index in [-0.39, 0.29) is 11.3 Å². The van der Waals surface area contributed by atoms with Crippen molar-refractivity contribution in [3.8, 4) is 0 Å². The fourth-order valence-electron chi connectivity index (χ4n) is 6.16. The SMILES string of the molecule is C[C@]12CC3CC(C(=O)Nc4nncs4)(C1)C[C@@](C)(C3)C2. The number of carbonyl (C=O) groups is 1. The van der Waals surface area contributed by atoms with Crippen LogP contribution in [0.25, 0.3) is 0 Å². The molecule has 4 bridgehead atoms. The van der Waals surface area contributed by atoms with Crippen LogP contribution in [0.2, 0.25) is 0 Å². The van der Waals surface area contributed by atoms with Crippen LogP contribution in [-0.4, -0.2) is 16.1 Å². The fraction of sp³-hybridized carbons (Fsp3) is 0.800. The lowest BCUT2D eigenvalue weighted by molar-refractivity contribution is -0.165. The molecule has 4 fully saturated rings. The molecule has 0 spiro atoms. The van der Waals surface area contributed by atoms with Gasteiger partial charge >= 0.3 is 0 Å². The molecule has 5 rings (SSSR count). The maximum absolute atomic E-state index is 12.9. The first-order valence-corrected chi connectivity index (χ1v) is 8.36. The summed E-state index contributed by atoms with van der Waals surface area (Å²) in [6.07, 6.45) is 7.10. The molecule has 0 saturated heterocycles. The Hall–Kier alpha value is -0.970. The molecular formula is C15H21N3OS. The third-order valence-corrected chi connectivity index (χ3v) is 6.30. The fourth-order valence-corrected chi connectivity index (χ4v) is 6.60. The molecule has 4 saturated carbocycles. The van der Waals surface area contributed by atoms with Crippen LogP contribution in [0.4, 0.5) is 5.13 Å². The molecule has 0 aromatic carbocycles. The van der Waals surface area contributed by atoms with Gasteiger partial charge in [-0.2, -0.15) is 0 Å². The summed E-state index contributed by atoms with van der Waals surface area (Å²) in [6.45, 7) is 4.78. The zero-order valence-electron chi connectivity index (χ0n) is 12.1. The van der Waals surface area contributed by atoms with Gasteiger partial charge in [-0.25, -0.2) is 0 Å². The van der Waals surface area contributed by atoms with Gasteiger partial charge in [-0.3, -0.25) is 4.79 Å². The van der Waals surface area contributed by atoms with Crippen molar-refractivity contribution in [2.24, 2.45) is 22.2 Å². The molecule has 4 aliphatic carbocycles. The highest BCUT2D eigenvalue weighted by atomic mass is 32.1. The first-order valence-electron chi connectivity index (χ1n) is 7.48. The topological polar surface area (TPSA) is 54.9 Å². The molecule has 108 valence electrons. The van der Waals surface area contributed by atoms with Crippen LogP contribution in [0.15, 0.2) is 5.51 Å². The highest BCUT2D eigenvalue weighted by Crippen LogP contribution is 2.69. The van der Waals surface area contributed by atoms with Gasteiger partial charge in [0.1, 0.15) is 5.51 Å². The molecule has 4 atom stereocenters. The van der Waals surface area contributed by atoms with E-state index in [1.54, 1.807) is 5.51 Å². The number of aromatic nitrogens is 2. The summed E-state index contributed by atoms with van der Waals surface area (Å²) >= 11 is 1.40. The highest BCUT2D eigenvalue weighted by molar-refractivity contribution is 7.13. The van der Waals surface area contributed by atoms with Crippen LogP contribution in [0.3, 0.4) is 0 Å². The summed E-state index contributed by atoms with van der Waals surface area (Å²) in [7, 11) is 0. The van der Waals surface area contributed by atoms with E-state index in [4.69, 9.17) is 0 Å². The van der Waals surface area contributed by atoms with E-state index >= 15 is 0 Å². The Bertz CT molecular complexity index is 537. The molecule has 4 aliphatic rings.